The van der Waals surface area contributed by atoms with Gasteiger partial charge >= 0.3 is 0 Å². The summed E-state index contributed by atoms with van der Waals surface area (Å²) in [7, 11) is 0. The number of allylic oxidation sites excluding steroid dienone is 1. The Bertz CT molecular complexity index is 108. The lowest BCUT2D eigenvalue weighted by Gasteiger charge is -1.99. The first-order valence-corrected chi connectivity index (χ1v) is 5.43. The Kier molecular flexibility index (Phi) is 11.4. The van der Waals surface area contributed by atoms with Gasteiger partial charge in [0.1, 0.15) is 0 Å². The Hall–Kier alpha value is -0.300. The van der Waals surface area contributed by atoms with Crippen molar-refractivity contribution >= 4 is 0 Å². The standard InChI is InChI=1S/C12H23O/c1-3-5-7-9-11-13-12-10-8-6-4-2/h8,10H,1,3-7,9,11-12H2,2H3. The second-order valence-electron chi connectivity index (χ2n) is 3.25. The van der Waals surface area contributed by atoms with E-state index in [0.717, 1.165) is 19.6 Å². The number of ether oxygens (including phenoxy) is 1. The molecule has 0 spiro atoms. The van der Waals surface area contributed by atoms with Crippen molar-refractivity contribution in [2.24, 2.45) is 0 Å². The topological polar surface area (TPSA) is 9.23 Å². The lowest BCUT2D eigenvalue weighted by atomic mass is 10.2. The van der Waals surface area contributed by atoms with E-state index in [1.807, 2.05) is 0 Å². The van der Waals surface area contributed by atoms with Crippen LogP contribution in [-0.4, -0.2) is 13.2 Å². The molecule has 1 nitrogen and oxygen atoms in total. The molecule has 1 radical (unpaired) electrons. The van der Waals surface area contributed by atoms with Gasteiger partial charge in [0.2, 0.25) is 0 Å². The van der Waals surface area contributed by atoms with Crippen molar-refractivity contribution in [3.05, 3.63) is 19.1 Å². The molecule has 0 amide bonds. The van der Waals surface area contributed by atoms with E-state index in [4.69, 9.17) is 4.74 Å². The number of unbranched alkanes of at least 4 members (excludes halogenated alkanes) is 4. The molecule has 0 rings (SSSR count). The molecule has 0 aromatic rings. The van der Waals surface area contributed by atoms with Crippen molar-refractivity contribution in [3.63, 3.8) is 0 Å². The van der Waals surface area contributed by atoms with Gasteiger partial charge in [0.05, 0.1) is 6.61 Å². The number of hydrogen-bond donors (Lipinski definition) is 0. The van der Waals surface area contributed by atoms with Gasteiger partial charge in [-0.25, -0.2) is 0 Å². The monoisotopic (exact) mass is 183 g/mol. The van der Waals surface area contributed by atoms with Crippen molar-refractivity contribution in [2.45, 2.75) is 45.4 Å². The van der Waals surface area contributed by atoms with Gasteiger partial charge in [0.15, 0.2) is 0 Å². The zero-order valence-electron chi connectivity index (χ0n) is 8.93. The molecule has 0 fully saturated rings. The van der Waals surface area contributed by atoms with Gasteiger partial charge in [-0.2, -0.15) is 0 Å². The fraction of sp³-hybridized carbons (Fsp3) is 0.750. The van der Waals surface area contributed by atoms with Gasteiger partial charge in [-0.15, -0.1) is 0 Å². The second-order valence-corrected chi connectivity index (χ2v) is 3.25. The SMILES string of the molecule is [CH2]CCCCCOCC=CCCC. The number of hydrogen-bond acceptors (Lipinski definition) is 1. The van der Waals surface area contributed by atoms with Crippen LogP contribution in [0.2, 0.25) is 0 Å². The third kappa shape index (κ3) is 11.7. The minimum absolute atomic E-state index is 0.782. The molecule has 0 N–H and O–H groups in total. The van der Waals surface area contributed by atoms with Crippen LogP contribution in [0.3, 0.4) is 0 Å². The smallest absolute Gasteiger partial charge is 0.0647 e. The van der Waals surface area contributed by atoms with Gasteiger partial charge in [0.25, 0.3) is 0 Å². The van der Waals surface area contributed by atoms with Crippen LogP contribution in [-0.2, 0) is 4.74 Å². The van der Waals surface area contributed by atoms with E-state index >= 15 is 0 Å². The highest BCUT2D eigenvalue weighted by Gasteiger charge is 1.86. The van der Waals surface area contributed by atoms with Crippen molar-refractivity contribution in [3.8, 4) is 0 Å². The Morgan fingerprint density at radius 3 is 2.69 bits per heavy atom. The maximum Gasteiger partial charge on any atom is 0.0647 e. The molecule has 0 unspecified atom stereocenters. The molecule has 1 heteroatoms. The molecule has 0 aromatic carbocycles. The molecule has 77 valence electrons. The predicted octanol–water partition coefficient (Wildman–Crippen LogP) is 3.75. The first kappa shape index (κ1) is 12.7. The van der Waals surface area contributed by atoms with Crippen molar-refractivity contribution in [2.75, 3.05) is 13.2 Å². The van der Waals surface area contributed by atoms with Crippen LogP contribution < -0.4 is 0 Å². The first-order chi connectivity index (χ1) is 6.41. The second kappa shape index (κ2) is 11.7. The largest absolute Gasteiger partial charge is 0.377 e. The Balaban J connectivity index is 2.91. The normalized spacial score (nSPS) is 11.2. The van der Waals surface area contributed by atoms with E-state index in [2.05, 4.69) is 26.0 Å². The summed E-state index contributed by atoms with van der Waals surface area (Å²) in [5.74, 6) is 0. The maximum atomic E-state index is 5.42. The zero-order chi connectivity index (χ0) is 9.78. The molecule has 0 aliphatic carbocycles. The predicted molar refractivity (Wildman–Crippen MR) is 58.7 cm³/mol. The highest BCUT2D eigenvalue weighted by atomic mass is 16.5. The first-order valence-electron chi connectivity index (χ1n) is 5.43. The summed E-state index contributed by atoms with van der Waals surface area (Å²) in [6.45, 7) is 7.67. The van der Waals surface area contributed by atoms with Crippen molar-refractivity contribution in [1.82, 2.24) is 0 Å². The highest BCUT2D eigenvalue weighted by Crippen LogP contribution is 1.98. The van der Waals surface area contributed by atoms with Crippen LogP contribution in [0.4, 0.5) is 0 Å². The van der Waals surface area contributed by atoms with Crippen molar-refractivity contribution in [1.29, 1.82) is 0 Å². The average Bonchev–Trinajstić information content (AvgIpc) is 2.16. The molecule has 13 heavy (non-hydrogen) atoms. The van der Waals surface area contributed by atoms with E-state index in [0.29, 0.717) is 0 Å². The summed E-state index contributed by atoms with van der Waals surface area (Å²) in [5.41, 5.74) is 0. The minimum Gasteiger partial charge on any atom is -0.377 e. The van der Waals surface area contributed by atoms with Crippen LogP contribution in [0.5, 0.6) is 0 Å². The maximum absolute atomic E-state index is 5.42. The molecule has 0 saturated carbocycles. The summed E-state index contributed by atoms with van der Waals surface area (Å²) >= 11 is 0. The molecular formula is C12H23O. The van der Waals surface area contributed by atoms with Gasteiger partial charge < -0.3 is 4.74 Å². The molecule has 0 aromatic heterocycles. The van der Waals surface area contributed by atoms with E-state index in [9.17, 15) is 0 Å². The molecule has 0 aliphatic heterocycles. The molecule has 0 bridgehead atoms. The Morgan fingerprint density at radius 1 is 1.15 bits per heavy atom. The van der Waals surface area contributed by atoms with Crippen LogP contribution in [0.1, 0.15) is 45.4 Å². The Labute approximate surface area is 83.2 Å². The Morgan fingerprint density at radius 2 is 2.00 bits per heavy atom. The van der Waals surface area contributed by atoms with Gasteiger partial charge in [-0.05, 0) is 12.8 Å². The molecular weight excluding hydrogens is 160 g/mol. The molecule has 0 atom stereocenters. The lowest BCUT2D eigenvalue weighted by molar-refractivity contribution is 0.157. The van der Waals surface area contributed by atoms with Crippen LogP contribution >= 0.6 is 0 Å². The average molecular weight is 183 g/mol. The third-order valence-electron chi connectivity index (χ3n) is 1.87. The van der Waals surface area contributed by atoms with Gasteiger partial charge in [-0.3, -0.25) is 0 Å². The zero-order valence-corrected chi connectivity index (χ0v) is 8.93. The fourth-order valence-electron chi connectivity index (χ4n) is 1.06. The summed E-state index contributed by atoms with van der Waals surface area (Å²) < 4.78 is 5.42. The van der Waals surface area contributed by atoms with Gasteiger partial charge in [0, 0.05) is 6.61 Å². The van der Waals surface area contributed by atoms with Crippen LogP contribution in [0.15, 0.2) is 12.2 Å². The third-order valence-corrected chi connectivity index (χ3v) is 1.87. The summed E-state index contributed by atoms with van der Waals surface area (Å²) in [6, 6.07) is 0. The number of rotatable bonds is 9. The van der Waals surface area contributed by atoms with Crippen LogP contribution in [0, 0.1) is 6.92 Å². The van der Waals surface area contributed by atoms with E-state index in [1.165, 1.54) is 32.1 Å². The van der Waals surface area contributed by atoms with E-state index < -0.39 is 0 Å². The lowest BCUT2D eigenvalue weighted by Crippen LogP contribution is -1.94. The summed E-state index contributed by atoms with van der Waals surface area (Å²) in [6.07, 6.45) is 11.4. The van der Waals surface area contributed by atoms with E-state index in [1.54, 1.807) is 0 Å². The fourth-order valence-corrected chi connectivity index (χ4v) is 1.06. The van der Waals surface area contributed by atoms with Crippen LogP contribution in [0.25, 0.3) is 0 Å². The quantitative estimate of drug-likeness (QED) is 0.391. The van der Waals surface area contributed by atoms with Crippen molar-refractivity contribution < 1.29 is 4.74 Å². The molecule has 0 saturated heterocycles. The van der Waals surface area contributed by atoms with Gasteiger partial charge in [-0.1, -0.05) is 51.7 Å². The minimum atomic E-state index is 0.782. The summed E-state index contributed by atoms with van der Waals surface area (Å²) in [5, 5.41) is 0. The van der Waals surface area contributed by atoms with E-state index in [-0.39, 0.29) is 0 Å². The highest BCUT2D eigenvalue weighted by molar-refractivity contribution is 4.80. The molecule has 0 heterocycles. The molecule has 0 aliphatic rings. The summed E-state index contributed by atoms with van der Waals surface area (Å²) in [4.78, 5) is 0.